The Labute approximate surface area is 154 Å². The van der Waals surface area contributed by atoms with Gasteiger partial charge in [-0.3, -0.25) is 4.79 Å². The predicted molar refractivity (Wildman–Crippen MR) is 99.6 cm³/mol. The number of nitrogens with zero attached hydrogens (tertiary/aromatic N) is 2. The van der Waals surface area contributed by atoms with Crippen molar-refractivity contribution in [1.29, 1.82) is 0 Å². The van der Waals surface area contributed by atoms with Crippen LogP contribution in [0.2, 0.25) is 0 Å². The first-order valence-electron chi connectivity index (χ1n) is 9.01. The number of phenolic OH excluding ortho intramolecular Hbond substituents is 1. The lowest BCUT2D eigenvalue weighted by Gasteiger charge is -2.36. The molecule has 26 heavy (non-hydrogen) atoms. The van der Waals surface area contributed by atoms with Gasteiger partial charge in [-0.25, -0.2) is 4.98 Å². The molecule has 2 heterocycles. The molecule has 0 spiro atoms. The van der Waals surface area contributed by atoms with E-state index in [4.69, 9.17) is 4.74 Å². The first-order valence-corrected chi connectivity index (χ1v) is 9.01. The van der Waals surface area contributed by atoms with Gasteiger partial charge in [0.2, 0.25) is 0 Å². The largest absolute Gasteiger partial charge is 0.507 e. The van der Waals surface area contributed by atoms with Crippen molar-refractivity contribution in [3.05, 3.63) is 40.5 Å². The van der Waals surface area contributed by atoms with Crippen LogP contribution in [0.5, 0.6) is 11.5 Å². The van der Waals surface area contributed by atoms with Gasteiger partial charge in [-0.15, -0.1) is 0 Å². The highest BCUT2D eigenvalue weighted by atomic mass is 16.5. The summed E-state index contributed by atoms with van der Waals surface area (Å²) in [5, 5.41) is 13.3. The molecule has 2 N–H and O–H groups in total. The molecule has 0 fully saturated rings. The Kier molecular flexibility index (Phi) is 4.69. The van der Waals surface area contributed by atoms with Gasteiger partial charge in [0.25, 0.3) is 5.91 Å². The highest BCUT2D eigenvalue weighted by molar-refractivity contribution is 5.85. The number of imidazole rings is 1. The van der Waals surface area contributed by atoms with Gasteiger partial charge in [-0.1, -0.05) is 0 Å². The lowest BCUT2D eigenvalue weighted by molar-refractivity contribution is -0.136. The van der Waals surface area contributed by atoms with E-state index in [1.54, 1.807) is 6.20 Å². The fraction of sp³-hybridized carbons (Fsp3) is 0.500. The second kappa shape index (κ2) is 6.67. The number of carbonyl (C=O) groups excluding carboxylic acids is 1. The molecular formula is C20H27N3O3. The summed E-state index contributed by atoms with van der Waals surface area (Å²) in [4.78, 5) is 17.0. The van der Waals surface area contributed by atoms with Crippen LogP contribution in [-0.4, -0.2) is 32.7 Å². The number of fused-ring (bicyclic) bond motifs is 1. The molecule has 1 atom stereocenters. The van der Waals surface area contributed by atoms with Gasteiger partial charge in [0.15, 0.2) is 5.60 Å². The SMILES string of the molecule is Cc1c(C)c2c(c(C)c1O)CC[C@@](C)(C(=O)NCCn1ccnc1C)O2. The minimum Gasteiger partial charge on any atom is -0.507 e. The fourth-order valence-electron chi connectivity index (χ4n) is 3.52. The quantitative estimate of drug-likeness (QED) is 0.882. The number of hydrogen-bond donors (Lipinski definition) is 2. The maximum Gasteiger partial charge on any atom is 0.263 e. The van der Waals surface area contributed by atoms with Crippen molar-refractivity contribution in [2.45, 2.75) is 59.6 Å². The van der Waals surface area contributed by atoms with Gasteiger partial charge in [0.05, 0.1) is 0 Å². The van der Waals surface area contributed by atoms with Crippen molar-refractivity contribution >= 4 is 5.91 Å². The molecule has 0 unspecified atom stereocenters. The summed E-state index contributed by atoms with van der Waals surface area (Å²) in [6, 6.07) is 0. The minimum atomic E-state index is -0.905. The number of benzene rings is 1. The Hall–Kier alpha value is -2.50. The van der Waals surface area contributed by atoms with Crippen LogP contribution in [0, 0.1) is 27.7 Å². The molecule has 0 bridgehead atoms. The van der Waals surface area contributed by atoms with Crippen LogP contribution in [0.25, 0.3) is 0 Å². The van der Waals surface area contributed by atoms with Crippen LogP contribution in [0.3, 0.4) is 0 Å². The number of ether oxygens (including phenoxy) is 1. The lowest BCUT2D eigenvalue weighted by Crippen LogP contribution is -2.51. The van der Waals surface area contributed by atoms with Gasteiger partial charge in [0.1, 0.15) is 17.3 Å². The zero-order valence-corrected chi connectivity index (χ0v) is 16.1. The monoisotopic (exact) mass is 357 g/mol. The van der Waals surface area contributed by atoms with E-state index in [9.17, 15) is 9.90 Å². The number of aromatic hydroxyl groups is 1. The zero-order chi connectivity index (χ0) is 19.1. The topological polar surface area (TPSA) is 76.4 Å². The van der Waals surface area contributed by atoms with E-state index in [0.29, 0.717) is 31.7 Å². The Morgan fingerprint density at radius 2 is 2.04 bits per heavy atom. The molecule has 6 heteroatoms. The third-order valence-electron chi connectivity index (χ3n) is 5.56. The summed E-state index contributed by atoms with van der Waals surface area (Å²) in [6.45, 7) is 10.7. The summed E-state index contributed by atoms with van der Waals surface area (Å²) in [7, 11) is 0. The molecule has 1 aliphatic heterocycles. The number of nitrogens with one attached hydrogen (secondary N) is 1. The van der Waals surface area contributed by atoms with Crippen LogP contribution < -0.4 is 10.1 Å². The Morgan fingerprint density at radius 1 is 1.31 bits per heavy atom. The number of aromatic nitrogens is 2. The summed E-state index contributed by atoms with van der Waals surface area (Å²) in [5.41, 5.74) is 2.65. The van der Waals surface area contributed by atoms with Crippen molar-refractivity contribution < 1.29 is 14.6 Å². The van der Waals surface area contributed by atoms with Gasteiger partial charge >= 0.3 is 0 Å². The average Bonchev–Trinajstić information content (AvgIpc) is 3.03. The number of aryl methyl sites for hydroxylation is 1. The average molecular weight is 357 g/mol. The van der Waals surface area contributed by atoms with Crippen LogP contribution in [-0.2, 0) is 17.8 Å². The van der Waals surface area contributed by atoms with E-state index < -0.39 is 5.60 Å². The molecule has 6 nitrogen and oxygen atoms in total. The second-order valence-electron chi connectivity index (χ2n) is 7.29. The van der Waals surface area contributed by atoms with Crippen molar-refractivity contribution in [3.8, 4) is 11.5 Å². The van der Waals surface area contributed by atoms with Gasteiger partial charge in [0, 0.05) is 37.5 Å². The number of rotatable bonds is 4. The van der Waals surface area contributed by atoms with Crippen LogP contribution in [0.15, 0.2) is 12.4 Å². The molecule has 3 rings (SSSR count). The molecule has 1 amide bonds. The lowest BCUT2D eigenvalue weighted by atomic mass is 9.86. The number of hydrogen-bond acceptors (Lipinski definition) is 4. The van der Waals surface area contributed by atoms with E-state index >= 15 is 0 Å². The predicted octanol–water partition coefficient (Wildman–Crippen LogP) is 2.72. The van der Waals surface area contributed by atoms with Crippen LogP contribution in [0.4, 0.5) is 0 Å². The zero-order valence-electron chi connectivity index (χ0n) is 16.1. The summed E-state index contributed by atoms with van der Waals surface area (Å²) < 4.78 is 8.20. The highest BCUT2D eigenvalue weighted by Gasteiger charge is 2.40. The molecule has 1 aromatic heterocycles. The summed E-state index contributed by atoms with van der Waals surface area (Å²) in [6.07, 6.45) is 4.94. The smallest absolute Gasteiger partial charge is 0.263 e. The molecule has 0 saturated heterocycles. The molecule has 0 radical (unpaired) electrons. The van der Waals surface area contributed by atoms with Crippen molar-refractivity contribution in [3.63, 3.8) is 0 Å². The number of carbonyl (C=O) groups is 1. The molecule has 1 aliphatic rings. The van der Waals surface area contributed by atoms with Crippen LogP contribution >= 0.6 is 0 Å². The van der Waals surface area contributed by atoms with E-state index in [1.165, 1.54) is 0 Å². The minimum absolute atomic E-state index is 0.108. The standard InChI is InChI=1S/C20H27N3O3/c1-12-13(2)18-16(14(3)17(12)24)6-7-20(5,26-18)19(25)22-9-11-23-10-8-21-15(23)4/h8,10,24H,6-7,9,11H2,1-5H3,(H,22,25)/t20-/m0/s1. The molecule has 140 valence electrons. The van der Waals surface area contributed by atoms with E-state index in [0.717, 1.165) is 33.8 Å². The molecule has 2 aromatic rings. The molecule has 1 aromatic carbocycles. The van der Waals surface area contributed by atoms with Crippen molar-refractivity contribution in [1.82, 2.24) is 14.9 Å². The molecular weight excluding hydrogens is 330 g/mol. The van der Waals surface area contributed by atoms with Gasteiger partial charge < -0.3 is 19.7 Å². The number of phenols is 1. The number of amides is 1. The molecule has 0 aliphatic carbocycles. The summed E-state index contributed by atoms with van der Waals surface area (Å²) >= 11 is 0. The fourth-order valence-corrected chi connectivity index (χ4v) is 3.52. The molecule has 0 saturated carbocycles. The second-order valence-corrected chi connectivity index (χ2v) is 7.29. The van der Waals surface area contributed by atoms with Gasteiger partial charge in [-0.2, -0.15) is 0 Å². The third-order valence-corrected chi connectivity index (χ3v) is 5.56. The maximum atomic E-state index is 12.8. The summed E-state index contributed by atoms with van der Waals surface area (Å²) in [5.74, 6) is 1.89. The van der Waals surface area contributed by atoms with Crippen LogP contribution in [0.1, 0.15) is 41.4 Å². The highest BCUT2D eigenvalue weighted by Crippen LogP contribution is 2.43. The van der Waals surface area contributed by atoms with E-state index in [2.05, 4.69) is 10.3 Å². The van der Waals surface area contributed by atoms with Crippen molar-refractivity contribution in [2.75, 3.05) is 6.54 Å². The van der Waals surface area contributed by atoms with E-state index in [-0.39, 0.29) is 5.91 Å². The van der Waals surface area contributed by atoms with Gasteiger partial charge in [-0.05, 0) is 57.7 Å². The Balaban J connectivity index is 1.73. The first kappa shape index (κ1) is 18.3. The van der Waals surface area contributed by atoms with E-state index in [1.807, 2.05) is 45.4 Å². The Bertz CT molecular complexity index is 856. The Morgan fingerprint density at radius 3 is 2.69 bits per heavy atom. The van der Waals surface area contributed by atoms with Crippen molar-refractivity contribution in [2.24, 2.45) is 0 Å². The normalized spacial score (nSPS) is 19.0. The maximum absolute atomic E-state index is 12.8. The third kappa shape index (κ3) is 3.04. The first-order chi connectivity index (χ1) is 12.2.